The molecule has 1 aliphatic heterocycles. The van der Waals surface area contributed by atoms with Crippen LogP contribution in [0.4, 0.5) is 0 Å². The Morgan fingerprint density at radius 3 is 2.50 bits per heavy atom. The molecule has 0 saturated carbocycles. The molecule has 1 aliphatic rings. The summed E-state index contributed by atoms with van der Waals surface area (Å²) in [6, 6.07) is 0. The van der Waals surface area contributed by atoms with Gasteiger partial charge in [0.05, 0.1) is 6.10 Å². The van der Waals surface area contributed by atoms with Gasteiger partial charge in [0.1, 0.15) is 0 Å². The summed E-state index contributed by atoms with van der Waals surface area (Å²) in [5.74, 6) is 1.47. The molecular weight excluding hydrogens is 150 g/mol. The summed E-state index contributed by atoms with van der Waals surface area (Å²) < 4.78 is 5.39. The predicted molar refractivity (Wildman–Crippen MR) is 51.2 cm³/mol. The molecule has 0 radical (unpaired) electrons. The molecule has 2 nitrogen and oxygen atoms in total. The molecule has 0 aromatic carbocycles. The minimum absolute atomic E-state index is 0.462. The fourth-order valence-corrected chi connectivity index (χ4v) is 2.01. The third-order valence-corrected chi connectivity index (χ3v) is 2.55. The smallest absolute Gasteiger partial charge is 0.0735 e. The lowest BCUT2D eigenvalue weighted by Crippen LogP contribution is -2.26. The van der Waals surface area contributed by atoms with Crippen molar-refractivity contribution in [3.05, 3.63) is 0 Å². The van der Waals surface area contributed by atoms with Crippen LogP contribution in [0.1, 0.15) is 20.8 Å². The second kappa shape index (κ2) is 4.24. The molecule has 0 aliphatic carbocycles. The standard InChI is InChI=1S/C10H21NO/c1-8(2)5-11-6-9(3)10(7-11)12-4/h8-10H,5-7H2,1-4H3/t9-,10-/m1/s1. The van der Waals surface area contributed by atoms with Gasteiger partial charge in [-0.05, 0) is 11.8 Å². The van der Waals surface area contributed by atoms with Gasteiger partial charge in [0.25, 0.3) is 0 Å². The van der Waals surface area contributed by atoms with Gasteiger partial charge >= 0.3 is 0 Å². The van der Waals surface area contributed by atoms with Crippen molar-refractivity contribution in [2.75, 3.05) is 26.7 Å². The van der Waals surface area contributed by atoms with E-state index in [0.717, 1.165) is 12.5 Å². The zero-order valence-electron chi connectivity index (χ0n) is 8.71. The molecule has 12 heavy (non-hydrogen) atoms. The van der Waals surface area contributed by atoms with Crippen molar-refractivity contribution < 1.29 is 4.74 Å². The molecule has 0 aromatic heterocycles. The van der Waals surface area contributed by atoms with E-state index in [0.29, 0.717) is 12.0 Å². The van der Waals surface area contributed by atoms with Crippen LogP contribution in [0.5, 0.6) is 0 Å². The Morgan fingerprint density at radius 1 is 1.42 bits per heavy atom. The summed E-state index contributed by atoms with van der Waals surface area (Å²) >= 11 is 0. The molecule has 0 spiro atoms. The van der Waals surface area contributed by atoms with Crippen LogP contribution in [0.2, 0.25) is 0 Å². The Kier molecular flexibility index (Phi) is 3.53. The van der Waals surface area contributed by atoms with Gasteiger partial charge in [-0.15, -0.1) is 0 Å². The lowest BCUT2D eigenvalue weighted by molar-refractivity contribution is 0.0830. The van der Waals surface area contributed by atoms with E-state index in [1.807, 2.05) is 7.11 Å². The summed E-state index contributed by atoms with van der Waals surface area (Å²) in [6.07, 6.45) is 0.462. The van der Waals surface area contributed by atoms with Crippen LogP contribution in [0, 0.1) is 11.8 Å². The largest absolute Gasteiger partial charge is 0.380 e. The Morgan fingerprint density at radius 2 is 2.08 bits per heavy atom. The van der Waals surface area contributed by atoms with Gasteiger partial charge in [0.2, 0.25) is 0 Å². The molecule has 0 amide bonds. The Bertz CT molecular complexity index is 136. The van der Waals surface area contributed by atoms with Crippen molar-refractivity contribution >= 4 is 0 Å². The maximum Gasteiger partial charge on any atom is 0.0735 e. The molecule has 1 fully saturated rings. The summed E-state index contributed by atoms with van der Waals surface area (Å²) in [6.45, 7) is 10.3. The monoisotopic (exact) mass is 171 g/mol. The number of hydrogen-bond acceptors (Lipinski definition) is 2. The normalized spacial score (nSPS) is 31.8. The number of nitrogens with zero attached hydrogens (tertiary/aromatic N) is 1. The van der Waals surface area contributed by atoms with E-state index >= 15 is 0 Å². The average molecular weight is 171 g/mol. The number of hydrogen-bond donors (Lipinski definition) is 0. The predicted octanol–water partition coefficient (Wildman–Crippen LogP) is 1.61. The number of methoxy groups -OCH3 is 1. The summed E-state index contributed by atoms with van der Waals surface area (Å²) in [7, 11) is 1.82. The molecule has 72 valence electrons. The van der Waals surface area contributed by atoms with E-state index in [1.165, 1.54) is 13.1 Å². The fraction of sp³-hybridized carbons (Fsp3) is 1.00. The first-order valence-corrected chi connectivity index (χ1v) is 4.88. The van der Waals surface area contributed by atoms with E-state index in [9.17, 15) is 0 Å². The molecule has 0 N–H and O–H groups in total. The van der Waals surface area contributed by atoms with Gasteiger partial charge in [0.15, 0.2) is 0 Å². The van der Waals surface area contributed by atoms with E-state index < -0.39 is 0 Å². The first kappa shape index (κ1) is 10.0. The summed E-state index contributed by atoms with van der Waals surface area (Å²) in [5, 5.41) is 0. The van der Waals surface area contributed by atoms with Crippen LogP contribution >= 0.6 is 0 Å². The van der Waals surface area contributed by atoms with Crippen molar-refractivity contribution in [3.8, 4) is 0 Å². The lowest BCUT2D eigenvalue weighted by atomic mass is 10.1. The summed E-state index contributed by atoms with van der Waals surface area (Å²) in [5.41, 5.74) is 0. The van der Waals surface area contributed by atoms with Gasteiger partial charge in [0, 0.05) is 26.7 Å². The molecular formula is C10H21NO. The molecule has 0 unspecified atom stereocenters. The second-order valence-electron chi connectivity index (χ2n) is 4.36. The van der Waals surface area contributed by atoms with Crippen molar-refractivity contribution in [2.24, 2.45) is 11.8 Å². The average Bonchev–Trinajstić information content (AvgIpc) is 2.29. The first-order valence-electron chi connectivity index (χ1n) is 4.88. The minimum Gasteiger partial charge on any atom is -0.380 e. The Labute approximate surface area is 75.9 Å². The van der Waals surface area contributed by atoms with Gasteiger partial charge in [-0.25, -0.2) is 0 Å². The molecule has 1 saturated heterocycles. The van der Waals surface area contributed by atoms with E-state index in [1.54, 1.807) is 0 Å². The van der Waals surface area contributed by atoms with Gasteiger partial charge in [-0.1, -0.05) is 20.8 Å². The zero-order chi connectivity index (χ0) is 9.14. The SMILES string of the molecule is CO[C@@H]1CN(CC(C)C)C[C@H]1C. The van der Waals surface area contributed by atoms with Crippen molar-refractivity contribution in [3.63, 3.8) is 0 Å². The molecule has 1 rings (SSSR count). The third-order valence-electron chi connectivity index (χ3n) is 2.55. The number of likely N-dealkylation sites (tertiary alicyclic amines) is 1. The number of ether oxygens (including phenoxy) is 1. The highest BCUT2D eigenvalue weighted by Crippen LogP contribution is 2.19. The maximum atomic E-state index is 5.39. The van der Waals surface area contributed by atoms with E-state index in [2.05, 4.69) is 25.7 Å². The quantitative estimate of drug-likeness (QED) is 0.639. The molecule has 2 heteroatoms. The maximum absolute atomic E-state index is 5.39. The highest BCUT2D eigenvalue weighted by Gasteiger charge is 2.29. The van der Waals surface area contributed by atoms with Crippen LogP contribution in [-0.4, -0.2) is 37.7 Å². The van der Waals surface area contributed by atoms with Crippen molar-refractivity contribution in [1.82, 2.24) is 4.90 Å². The second-order valence-corrected chi connectivity index (χ2v) is 4.36. The van der Waals surface area contributed by atoms with Gasteiger partial charge in [-0.2, -0.15) is 0 Å². The van der Waals surface area contributed by atoms with Gasteiger partial charge in [-0.3, -0.25) is 0 Å². The van der Waals surface area contributed by atoms with Crippen LogP contribution < -0.4 is 0 Å². The van der Waals surface area contributed by atoms with Crippen LogP contribution in [0.3, 0.4) is 0 Å². The third kappa shape index (κ3) is 2.46. The molecule has 0 aromatic rings. The Balaban J connectivity index is 2.33. The highest BCUT2D eigenvalue weighted by atomic mass is 16.5. The molecule has 2 atom stereocenters. The molecule has 0 bridgehead atoms. The minimum atomic E-state index is 0.462. The fourth-order valence-electron chi connectivity index (χ4n) is 2.01. The highest BCUT2D eigenvalue weighted by molar-refractivity contribution is 4.82. The Hall–Kier alpha value is -0.0800. The van der Waals surface area contributed by atoms with Crippen LogP contribution in [0.15, 0.2) is 0 Å². The van der Waals surface area contributed by atoms with Crippen LogP contribution in [0.25, 0.3) is 0 Å². The van der Waals surface area contributed by atoms with Crippen LogP contribution in [-0.2, 0) is 4.74 Å². The molecule has 1 heterocycles. The van der Waals surface area contributed by atoms with E-state index in [-0.39, 0.29) is 0 Å². The number of rotatable bonds is 3. The zero-order valence-corrected chi connectivity index (χ0v) is 8.71. The van der Waals surface area contributed by atoms with Gasteiger partial charge < -0.3 is 9.64 Å². The van der Waals surface area contributed by atoms with Crippen molar-refractivity contribution in [2.45, 2.75) is 26.9 Å². The topological polar surface area (TPSA) is 12.5 Å². The lowest BCUT2D eigenvalue weighted by Gasteiger charge is -2.17. The summed E-state index contributed by atoms with van der Waals surface area (Å²) in [4.78, 5) is 2.50. The first-order chi connectivity index (χ1) is 5.63. The van der Waals surface area contributed by atoms with Crippen molar-refractivity contribution in [1.29, 1.82) is 0 Å². The van der Waals surface area contributed by atoms with E-state index in [4.69, 9.17) is 4.74 Å².